The number of nitrogens with two attached hydrogens (primary N) is 2. The Hall–Kier alpha value is -2.51. The fraction of sp³-hybridized carbons (Fsp3) is 0.125. The maximum absolute atomic E-state index is 8.36. The summed E-state index contributed by atoms with van der Waals surface area (Å²) in [6, 6.07) is 7.19. The summed E-state index contributed by atoms with van der Waals surface area (Å²) in [6.07, 6.45) is 0. The van der Waals surface area contributed by atoms with Gasteiger partial charge in [0.1, 0.15) is 5.75 Å². The zero-order valence-corrected chi connectivity index (χ0v) is 8.53. The Labute approximate surface area is 91.3 Å². The van der Waals surface area contributed by atoms with Gasteiger partial charge >= 0.3 is 0 Å². The molecule has 0 aliphatic carbocycles. The lowest BCUT2D eigenvalue weighted by Gasteiger charge is -1.99. The van der Waals surface area contributed by atoms with Gasteiger partial charge in [-0.2, -0.15) is 0 Å². The molecule has 0 saturated heterocycles. The van der Waals surface area contributed by atoms with Crippen LogP contribution in [0.25, 0.3) is 0 Å². The van der Waals surface area contributed by atoms with Crippen LogP contribution in [0, 0.1) is 10.1 Å². The van der Waals surface area contributed by atoms with Crippen molar-refractivity contribution in [3.63, 3.8) is 0 Å². The van der Waals surface area contributed by atoms with Gasteiger partial charge in [0.15, 0.2) is 5.96 Å². The van der Waals surface area contributed by atoms with Gasteiger partial charge in [-0.15, -0.1) is 10.1 Å². The molecule has 0 atom stereocenters. The van der Waals surface area contributed by atoms with Crippen molar-refractivity contribution in [3.8, 4) is 5.75 Å². The fourth-order valence-corrected chi connectivity index (χ4v) is 0.829. The van der Waals surface area contributed by atoms with E-state index in [2.05, 4.69) is 4.99 Å². The lowest BCUT2D eigenvalue weighted by Crippen LogP contribution is -2.21. The number of methoxy groups -OCH3 is 1. The van der Waals surface area contributed by atoms with Crippen LogP contribution in [-0.2, 0) is 0 Å². The van der Waals surface area contributed by atoms with E-state index in [-0.39, 0.29) is 5.96 Å². The molecule has 0 fully saturated rings. The quantitative estimate of drug-likeness (QED) is 0.287. The Morgan fingerprint density at radius 2 is 2.12 bits per heavy atom. The van der Waals surface area contributed by atoms with Crippen molar-refractivity contribution in [1.29, 1.82) is 0 Å². The van der Waals surface area contributed by atoms with Crippen LogP contribution in [-0.4, -0.2) is 23.4 Å². The molecule has 0 aliphatic heterocycles. The van der Waals surface area contributed by atoms with Gasteiger partial charge in [-0.3, -0.25) is 0 Å². The SMILES string of the molecule is COc1cccc(N=C(N)N)c1.O=[N+]([O-])O. The van der Waals surface area contributed by atoms with Crippen molar-refractivity contribution in [2.24, 2.45) is 16.5 Å². The van der Waals surface area contributed by atoms with E-state index in [0.717, 1.165) is 5.75 Å². The van der Waals surface area contributed by atoms with Crippen LogP contribution in [0.15, 0.2) is 29.3 Å². The number of guanidine groups is 1. The molecule has 1 rings (SSSR count). The number of hydrogen-bond donors (Lipinski definition) is 3. The highest BCUT2D eigenvalue weighted by Crippen LogP contribution is 2.18. The Balaban J connectivity index is 0.000000487. The maximum Gasteiger partial charge on any atom is 0.291 e. The van der Waals surface area contributed by atoms with Crippen LogP contribution in [0.2, 0.25) is 0 Å². The van der Waals surface area contributed by atoms with Crippen LogP contribution < -0.4 is 16.2 Å². The number of hydrogen-bond acceptors (Lipinski definition) is 4. The number of benzene rings is 1. The Bertz CT molecular complexity index is 372. The van der Waals surface area contributed by atoms with Gasteiger partial charge in [0.05, 0.1) is 12.8 Å². The zero-order valence-electron chi connectivity index (χ0n) is 8.53. The second-order valence-corrected chi connectivity index (χ2v) is 2.48. The second-order valence-electron chi connectivity index (χ2n) is 2.48. The Morgan fingerprint density at radius 1 is 1.56 bits per heavy atom. The highest BCUT2D eigenvalue weighted by molar-refractivity contribution is 5.79. The highest BCUT2D eigenvalue weighted by Gasteiger charge is 1.92. The van der Waals surface area contributed by atoms with E-state index in [1.807, 2.05) is 12.1 Å². The number of nitrogens with zero attached hydrogens (tertiary/aromatic N) is 2. The van der Waals surface area contributed by atoms with Crippen molar-refractivity contribution in [2.75, 3.05) is 7.11 Å². The summed E-state index contributed by atoms with van der Waals surface area (Å²) >= 11 is 0. The molecule has 88 valence electrons. The first-order chi connectivity index (χ1) is 7.45. The molecule has 0 amide bonds. The monoisotopic (exact) mass is 228 g/mol. The van der Waals surface area contributed by atoms with Crippen molar-refractivity contribution < 1.29 is 15.0 Å². The molecular weight excluding hydrogens is 216 g/mol. The Morgan fingerprint density at radius 3 is 2.56 bits per heavy atom. The maximum atomic E-state index is 8.36. The van der Waals surface area contributed by atoms with E-state index in [0.29, 0.717) is 5.69 Å². The predicted molar refractivity (Wildman–Crippen MR) is 57.2 cm³/mol. The van der Waals surface area contributed by atoms with Crippen molar-refractivity contribution in [1.82, 2.24) is 0 Å². The van der Waals surface area contributed by atoms with Crippen molar-refractivity contribution in [3.05, 3.63) is 34.4 Å². The van der Waals surface area contributed by atoms with Gasteiger partial charge in [-0.1, -0.05) is 6.07 Å². The van der Waals surface area contributed by atoms with E-state index < -0.39 is 5.09 Å². The summed E-state index contributed by atoms with van der Waals surface area (Å²) in [5.74, 6) is 0.778. The van der Waals surface area contributed by atoms with Gasteiger partial charge in [0, 0.05) is 6.07 Å². The van der Waals surface area contributed by atoms with Gasteiger partial charge < -0.3 is 21.4 Å². The molecule has 0 unspecified atom stereocenters. The first-order valence-electron chi connectivity index (χ1n) is 4.02. The molecule has 0 aliphatic rings. The predicted octanol–water partition coefficient (Wildman–Crippen LogP) is 0.252. The summed E-state index contributed by atoms with van der Waals surface area (Å²) in [4.78, 5) is 12.2. The van der Waals surface area contributed by atoms with E-state index in [1.54, 1.807) is 19.2 Å². The molecule has 0 radical (unpaired) electrons. The fourth-order valence-electron chi connectivity index (χ4n) is 0.829. The van der Waals surface area contributed by atoms with Crippen LogP contribution in [0.3, 0.4) is 0 Å². The third-order valence-electron chi connectivity index (χ3n) is 1.31. The topological polar surface area (TPSA) is 137 Å². The molecule has 0 bridgehead atoms. The summed E-state index contributed by atoms with van der Waals surface area (Å²) in [5.41, 5.74) is 11.1. The molecule has 5 N–H and O–H groups in total. The minimum Gasteiger partial charge on any atom is -0.497 e. The molecule has 16 heavy (non-hydrogen) atoms. The van der Waals surface area contributed by atoms with E-state index in [1.165, 1.54) is 0 Å². The average Bonchev–Trinajstić information content (AvgIpc) is 2.16. The van der Waals surface area contributed by atoms with E-state index >= 15 is 0 Å². The summed E-state index contributed by atoms with van der Waals surface area (Å²) < 4.78 is 4.99. The van der Waals surface area contributed by atoms with Crippen molar-refractivity contribution >= 4 is 11.6 Å². The molecule has 8 heteroatoms. The van der Waals surface area contributed by atoms with Gasteiger partial charge in [0.25, 0.3) is 5.09 Å². The minimum atomic E-state index is -1.50. The summed E-state index contributed by atoms with van der Waals surface area (Å²) in [7, 11) is 1.59. The molecule has 1 aromatic carbocycles. The first kappa shape index (κ1) is 13.5. The lowest BCUT2D eigenvalue weighted by atomic mass is 10.3. The molecule has 8 nitrogen and oxygen atoms in total. The molecule has 0 saturated carbocycles. The second kappa shape index (κ2) is 6.87. The van der Waals surface area contributed by atoms with E-state index in [4.69, 9.17) is 31.5 Å². The average molecular weight is 228 g/mol. The summed E-state index contributed by atoms with van der Waals surface area (Å²) in [6.45, 7) is 0. The largest absolute Gasteiger partial charge is 0.497 e. The van der Waals surface area contributed by atoms with Crippen LogP contribution in [0.4, 0.5) is 5.69 Å². The smallest absolute Gasteiger partial charge is 0.291 e. The summed E-state index contributed by atoms with van der Waals surface area (Å²) in [5, 5.41) is 13.6. The third kappa shape index (κ3) is 6.95. The van der Waals surface area contributed by atoms with Crippen LogP contribution in [0.1, 0.15) is 0 Å². The van der Waals surface area contributed by atoms with Gasteiger partial charge in [0.2, 0.25) is 0 Å². The number of rotatable bonds is 2. The van der Waals surface area contributed by atoms with Crippen LogP contribution in [0.5, 0.6) is 5.75 Å². The standard InChI is InChI=1S/C8H11N3O.HNO3/c1-12-7-4-2-3-6(5-7)11-8(9)10;2-1(3)4/h2-5H,1H3,(H4,9,10,11);(H,2,3,4). The molecule has 1 aromatic rings. The molecule has 0 aromatic heterocycles. The number of ether oxygens (including phenoxy) is 1. The Kier molecular flexibility index (Phi) is 5.79. The number of aliphatic imine (C=N–C) groups is 1. The highest BCUT2D eigenvalue weighted by atomic mass is 16.9. The van der Waals surface area contributed by atoms with Crippen LogP contribution >= 0.6 is 0 Å². The van der Waals surface area contributed by atoms with Crippen molar-refractivity contribution in [2.45, 2.75) is 0 Å². The van der Waals surface area contributed by atoms with E-state index in [9.17, 15) is 0 Å². The zero-order chi connectivity index (χ0) is 12.6. The van der Waals surface area contributed by atoms with Gasteiger partial charge in [-0.05, 0) is 12.1 Å². The minimum absolute atomic E-state index is 0.0447. The molecule has 0 heterocycles. The third-order valence-corrected chi connectivity index (χ3v) is 1.31. The first-order valence-corrected chi connectivity index (χ1v) is 4.02. The molecular formula is C8H12N4O4. The van der Waals surface area contributed by atoms with Gasteiger partial charge in [-0.25, -0.2) is 4.99 Å². The molecule has 0 spiro atoms. The normalized spacial score (nSPS) is 8.31. The lowest BCUT2D eigenvalue weighted by molar-refractivity contribution is -0.742.